The van der Waals surface area contributed by atoms with Crippen LogP contribution in [-0.4, -0.2) is 60.2 Å². The fraction of sp³-hybridized carbons (Fsp3) is 0.469. The molecule has 3 aromatic rings. The van der Waals surface area contributed by atoms with Gasteiger partial charge in [0.25, 0.3) is 5.91 Å². The van der Waals surface area contributed by atoms with Crippen LogP contribution >= 0.6 is 0 Å². The van der Waals surface area contributed by atoms with Crippen LogP contribution in [0.25, 0.3) is 0 Å². The number of aryl methyl sites for hydroxylation is 4. The Kier molecular flexibility index (Phi) is 9.63. The highest BCUT2D eigenvalue weighted by atomic mass is 16.5. The van der Waals surface area contributed by atoms with Gasteiger partial charge in [0.05, 0.1) is 25.5 Å². The molecule has 0 aliphatic carbocycles. The molecule has 3 heterocycles. The van der Waals surface area contributed by atoms with Gasteiger partial charge in [-0.1, -0.05) is 0 Å². The normalized spacial score (nSPS) is 15.1. The number of likely N-dealkylation sites (tertiary alicyclic amines) is 1. The molecule has 214 valence electrons. The summed E-state index contributed by atoms with van der Waals surface area (Å²) in [6.07, 6.45) is 7.86. The van der Waals surface area contributed by atoms with Crippen molar-refractivity contribution in [3.05, 3.63) is 76.4 Å². The molecule has 1 aliphatic rings. The number of nitrogens with two attached hydrogens (primary N) is 1. The second-order valence-electron chi connectivity index (χ2n) is 10.9. The van der Waals surface area contributed by atoms with Gasteiger partial charge in [-0.25, -0.2) is 0 Å². The average molecular weight is 546 g/mol. The standard InChI is InChI=1S/C32H43N5O3/c1-21-11-14-34-19-25(21)20-37(28-9-10-29(39-5)30(18-28)40-6)27-12-15-36(16-13-27)23(3)7-8-26-17-22(2)31(32(33)38)24(4)35-26/h9-11,14,17-19,23,27H,7-8,12-13,15-16,20H2,1-6H3,(H2,33,38)/t23-/m1/s1. The largest absolute Gasteiger partial charge is 0.493 e. The number of aromatic nitrogens is 2. The van der Waals surface area contributed by atoms with Crippen LogP contribution in [0.2, 0.25) is 0 Å². The highest BCUT2D eigenvalue weighted by molar-refractivity contribution is 5.95. The molecule has 1 amide bonds. The highest BCUT2D eigenvalue weighted by Gasteiger charge is 2.28. The first-order chi connectivity index (χ1) is 19.2. The third-order valence-corrected chi connectivity index (χ3v) is 8.27. The Morgan fingerprint density at radius 3 is 2.42 bits per heavy atom. The summed E-state index contributed by atoms with van der Waals surface area (Å²) in [4.78, 5) is 25.9. The van der Waals surface area contributed by atoms with Crippen LogP contribution in [0.1, 0.15) is 64.6 Å². The van der Waals surface area contributed by atoms with Crippen molar-refractivity contribution < 1.29 is 14.3 Å². The molecule has 40 heavy (non-hydrogen) atoms. The summed E-state index contributed by atoms with van der Waals surface area (Å²) in [5, 5.41) is 0. The van der Waals surface area contributed by atoms with E-state index in [2.05, 4.69) is 51.8 Å². The van der Waals surface area contributed by atoms with Crippen LogP contribution in [0.3, 0.4) is 0 Å². The lowest BCUT2D eigenvalue weighted by molar-refractivity contribution is 0.0998. The molecule has 0 radical (unpaired) electrons. The lowest BCUT2D eigenvalue weighted by Gasteiger charge is -2.42. The Morgan fingerprint density at radius 2 is 1.80 bits per heavy atom. The van der Waals surface area contributed by atoms with Gasteiger partial charge >= 0.3 is 0 Å². The van der Waals surface area contributed by atoms with E-state index < -0.39 is 5.91 Å². The molecule has 1 fully saturated rings. The number of piperidine rings is 1. The second kappa shape index (κ2) is 13.1. The summed E-state index contributed by atoms with van der Waals surface area (Å²) in [5.74, 6) is 1.06. The quantitative estimate of drug-likeness (QED) is 0.362. The van der Waals surface area contributed by atoms with E-state index in [0.717, 1.165) is 79.5 Å². The minimum absolute atomic E-state index is 0.398. The fourth-order valence-corrected chi connectivity index (χ4v) is 5.87. The van der Waals surface area contributed by atoms with E-state index in [1.807, 2.05) is 38.4 Å². The van der Waals surface area contributed by atoms with Gasteiger partial charge in [0.1, 0.15) is 0 Å². The Bertz CT molecular complexity index is 1300. The van der Waals surface area contributed by atoms with Gasteiger partial charge < -0.3 is 25.0 Å². The molecule has 2 N–H and O–H groups in total. The highest BCUT2D eigenvalue weighted by Crippen LogP contribution is 2.35. The zero-order valence-corrected chi connectivity index (χ0v) is 24.7. The van der Waals surface area contributed by atoms with E-state index in [1.165, 1.54) is 11.1 Å². The molecule has 1 atom stereocenters. The maximum Gasteiger partial charge on any atom is 0.250 e. The van der Waals surface area contributed by atoms with Crippen LogP contribution < -0.4 is 20.1 Å². The van der Waals surface area contributed by atoms with Crippen LogP contribution in [0, 0.1) is 20.8 Å². The number of amides is 1. The topological polar surface area (TPSA) is 93.8 Å². The number of rotatable bonds is 11. The number of nitrogens with zero attached hydrogens (tertiary/aromatic N) is 4. The first-order valence-electron chi connectivity index (χ1n) is 14.1. The molecular weight excluding hydrogens is 502 g/mol. The molecule has 2 aromatic heterocycles. The number of hydrogen-bond acceptors (Lipinski definition) is 7. The van der Waals surface area contributed by atoms with Gasteiger partial charge in [0.15, 0.2) is 11.5 Å². The van der Waals surface area contributed by atoms with E-state index in [-0.39, 0.29) is 0 Å². The number of benzene rings is 1. The van der Waals surface area contributed by atoms with Gasteiger partial charge in [0.2, 0.25) is 0 Å². The molecular formula is C32H43N5O3. The smallest absolute Gasteiger partial charge is 0.250 e. The zero-order chi connectivity index (χ0) is 28.8. The number of primary amides is 1. The Labute approximate surface area is 238 Å². The molecule has 0 bridgehead atoms. The molecule has 0 spiro atoms. The molecule has 4 rings (SSSR count). The van der Waals surface area contributed by atoms with Gasteiger partial charge in [-0.15, -0.1) is 0 Å². The maximum atomic E-state index is 11.7. The number of carbonyl (C=O) groups excluding carboxylic acids is 1. The summed E-state index contributed by atoms with van der Waals surface area (Å²) in [6, 6.07) is 11.1. The summed E-state index contributed by atoms with van der Waals surface area (Å²) in [5.41, 5.74) is 12.3. The number of carbonyl (C=O) groups is 1. The van der Waals surface area contributed by atoms with Crippen molar-refractivity contribution in [3.8, 4) is 11.5 Å². The Hall–Kier alpha value is -3.65. The Balaban J connectivity index is 1.44. The van der Waals surface area contributed by atoms with Crippen LogP contribution in [-0.2, 0) is 13.0 Å². The second-order valence-corrected chi connectivity index (χ2v) is 10.9. The molecule has 8 heteroatoms. The van der Waals surface area contributed by atoms with Crippen LogP contribution in [0.15, 0.2) is 42.7 Å². The number of hydrogen-bond donors (Lipinski definition) is 1. The van der Waals surface area contributed by atoms with E-state index in [9.17, 15) is 4.79 Å². The van der Waals surface area contributed by atoms with Crippen molar-refractivity contribution in [2.45, 2.75) is 72.0 Å². The first-order valence-corrected chi connectivity index (χ1v) is 14.1. The first kappa shape index (κ1) is 29.3. The van der Waals surface area contributed by atoms with Crippen molar-refractivity contribution in [2.24, 2.45) is 5.73 Å². The summed E-state index contributed by atoms with van der Waals surface area (Å²) in [7, 11) is 3.35. The Morgan fingerprint density at radius 1 is 1.07 bits per heavy atom. The van der Waals surface area contributed by atoms with Gasteiger partial charge in [-0.3, -0.25) is 14.8 Å². The SMILES string of the molecule is COc1ccc(N(Cc2cnccc2C)C2CCN([C@H](C)CCc3cc(C)c(C(N)=O)c(C)n3)CC2)cc1OC. The number of anilines is 1. The van der Waals surface area contributed by atoms with Gasteiger partial charge in [0, 0.05) is 61.6 Å². The lowest BCUT2D eigenvalue weighted by atomic mass is 9.98. The van der Waals surface area contributed by atoms with Crippen LogP contribution in [0.4, 0.5) is 5.69 Å². The molecule has 1 aliphatic heterocycles. The van der Waals surface area contributed by atoms with Crippen molar-refractivity contribution >= 4 is 11.6 Å². The van der Waals surface area contributed by atoms with Crippen molar-refractivity contribution in [1.82, 2.24) is 14.9 Å². The molecule has 1 saturated heterocycles. The predicted molar refractivity (Wildman–Crippen MR) is 159 cm³/mol. The van der Waals surface area contributed by atoms with E-state index in [1.54, 1.807) is 14.2 Å². The number of ether oxygens (including phenoxy) is 2. The van der Waals surface area contributed by atoms with Crippen LogP contribution in [0.5, 0.6) is 11.5 Å². The number of methoxy groups -OCH3 is 2. The lowest BCUT2D eigenvalue weighted by Crippen LogP contribution is -2.47. The predicted octanol–water partition coefficient (Wildman–Crippen LogP) is 5.01. The molecule has 8 nitrogen and oxygen atoms in total. The molecule has 1 aromatic carbocycles. The third-order valence-electron chi connectivity index (χ3n) is 8.27. The van der Waals surface area contributed by atoms with Gasteiger partial charge in [-0.05, 0) is 94.3 Å². The maximum absolute atomic E-state index is 11.7. The van der Waals surface area contributed by atoms with Crippen molar-refractivity contribution in [3.63, 3.8) is 0 Å². The fourth-order valence-electron chi connectivity index (χ4n) is 5.87. The van der Waals surface area contributed by atoms with E-state index >= 15 is 0 Å². The van der Waals surface area contributed by atoms with Crippen molar-refractivity contribution in [1.29, 1.82) is 0 Å². The summed E-state index contributed by atoms with van der Waals surface area (Å²) in [6.45, 7) is 11.1. The third kappa shape index (κ3) is 6.73. The minimum atomic E-state index is -0.411. The van der Waals surface area contributed by atoms with Crippen molar-refractivity contribution in [2.75, 3.05) is 32.2 Å². The molecule has 0 saturated carbocycles. The number of pyridine rings is 2. The minimum Gasteiger partial charge on any atom is -0.493 e. The van der Waals surface area contributed by atoms with E-state index in [4.69, 9.17) is 15.2 Å². The van der Waals surface area contributed by atoms with E-state index in [0.29, 0.717) is 17.6 Å². The summed E-state index contributed by atoms with van der Waals surface area (Å²) < 4.78 is 11.1. The van der Waals surface area contributed by atoms with Gasteiger partial charge in [-0.2, -0.15) is 0 Å². The summed E-state index contributed by atoms with van der Waals surface area (Å²) >= 11 is 0. The molecule has 0 unspecified atom stereocenters. The monoisotopic (exact) mass is 545 g/mol. The zero-order valence-electron chi connectivity index (χ0n) is 24.7. The average Bonchev–Trinajstić information content (AvgIpc) is 2.94.